The Morgan fingerprint density at radius 2 is 0.945 bits per heavy atom. The van der Waals surface area contributed by atoms with Crippen molar-refractivity contribution in [1.29, 1.82) is 0 Å². The van der Waals surface area contributed by atoms with Crippen LogP contribution >= 0.6 is 0 Å². The van der Waals surface area contributed by atoms with Gasteiger partial charge in [-0.3, -0.25) is 0 Å². The van der Waals surface area contributed by atoms with Crippen LogP contribution in [0.1, 0.15) is 0 Å². The van der Waals surface area contributed by atoms with E-state index < -0.39 is 0 Å². The summed E-state index contributed by atoms with van der Waals surface area (Å²) in [5, 5.41) is 9.60. The summed E-state index contributed by atoms with van der Waals surface area (Å²) in [4.78, 5) is 0. The summed E-state index contributed by atoms with van der Waals surface area (Å²) in [7, 11) is 0. The van der Waals surface area contributed by atoms with Crippen LogP contribution < -0.4 is 0 Å². The second kappa shape index (κ2) is 11.6. The van der Waals surface area contributed by atoms with Gasteiger partial charge < -0.3 is 13.6 Å². The van der Waals surface area contributed by atoms with E-state index in [1.807, 2.05) is 6.07 Å². The van der Waals surface area contributed by atoms with E-state index in [0.717, 1.165) is 33.3 Å². The van der Waals surface area contributed by atoms with E-state index in [-0.39, 0.29) is 0 Å². The Morgan fingerprint density at radius 3 is 1.76 bits per heavy atom. The molecule has 0 fully saturated rings. The SMILES string of the molecule is c1ccc(-c2ccc(-c3cc(-n4c5ccccc5c5c4ccc4c6ccc7oc8ccccc8c7c6n(-c6ccccc6)c45)cc4ccccc34)cc2)cc1. The van der Waals surface area contributed by atoms with E-state index in [1.54, 1.807) is 0 Å². The lowest BCUT2D eigenvalue weighted by atomic mass is 9.95. The predicted molar refractivity (Wildman–Crippen MR) is 231 cm³/mol. The fraction of sp³-hybridized carbons (Fsp3) is 0. The average molecular weight is 701 g/mol. The van der Waals surface area contributed by atoms with Crippen LogP contribution in [0.3, 0.4) is 0 Å². The number of benzene rings is 9. The van der Waals surface area contributed by atoms with Gasteiger partial charge in [0.2, 0.25) is 0 Å². The molecule has 0 radical (unpaired) electrons. The number of hydrogen-bond acceptors (Lipinski definition) is 1. The van der Waals surface area contributed by atoms with Crippen molar-refractivity contribution in [2.24, 2.45) is 0 Å². The standard InChI is InChI=1S/C52H32N2O/c1-3-13-33(14-4-1)34-23-25-35(26-24-34)44-32-38(31-36-15-7-8-18-39(36)44)53-45-21-11-9-19-42(45)49-46(53)29-27-40-41-28-30-48-50(43-20-10-12-22-47(43)55-48)52(41)54(51(40)49)37-16-5-2-6-17-37/h1-32H. The number of para-hydroxylation sites is 3. The molecule has 0 saturated carbocycles. The van der Waals surface area contributed by atoms with Gasteiger partial charge in [-0.25, -0.2) is 0 Å². The van der Waals surface area contributed by atoms with Gasteiger partial charge in [0.15, 0.2) is 0 Å². The Morgan fingerprint density at radius 1 is 0.327 bits per heavy atom. The van der Waals surface area contributed by atoms with Gasteiger partial charge in [-0.05, 0) is 87.6 Å². The summed E-state index contributed by atoms with van der Waals surface area (Å²) in [5.74, 6) is 0. The lowest BCUT2D eigenvalue weighted by molar-refractivity contribution is 0.669. The zero-order chi connectivity index (χ0) is 36.0. The molecule has 0 aliphatic rings. The van der Waals surface area contributed by atoms with Crippen LogP contribution in [-0.2, 0) is 0 Å². The zero-order valence-corrected chi connectivity index (χ0v) is 29.8. The van der Waals surface area contributed by atoms with Gasteiger partial charge in [0.25, 0.3) is 0 Å². The number of rotatable bonds is 4. The summed E-state index contributed by atoms with van der Waals surface area (Å²) >= 11 is 0. The fourth-order valence-corrected chi connectivity index (χ4v) is 9.10. The molecule has 12 aromatic rings. The van der Waals surface area contributed by atoms with E-state index in [0.29, 0.717) is 0 Å². The molecule has 3 nitrogen and oxygen atoms in total. The van der Waals surface area contributed by atoms with Crippen LogP contribution in [0.2, 0.25) is 0 Å². The van der Waals surface area contributed by atoms with Crippen molar-refractivity contribution < 1.29 is 4.42 Å². The van der Waals surface area contributed by atoms with Crippen LogP contribution in [0.15, 0.2) is 199 Å². The summed E-state index contributed by atoms with van der Waals surface area (Å²) in [5.41, 5.74) is 13.6. The molecule has 0 aliphatic carbocycles. The maximum atomic E-state index is 6.46. The highest BCUT2D eigenvalue weighted by Crippen LogP contribution is 2.46. The van der Waals surface area contributed by atoms with Crippen molar-refractivity contribution in [2.45, 2.75) is 0 Å². The number of furan rings is 1. The van der Waals surface area contributed by atoms with Crippen LogP contribution in [-0.4, -0.2) is 9.13 Å². The van der Waals surface area contributed by atoms with E-state index in [4.69, 9.17) is 4.42 Å². The third kappa shape index (κ3) is 4.38. The summed E-state index contributed by atoms with van der Waals surface area (Å²) in [6.07, 6.45) is 0. The van der Waals surface area contributed by atoms with Crippen molar-refractivity contribution in [3.05, 3.63) is 194 Å². The molecular formula is C52H32N2O. The van der Waals surface area contributed by atoms with Crippen molar-refractivity contribution in [3.8, 4) is 33.6 Å². The van der Waals surface area contributed by atoms with Crippen molar-refractivity contribution in [3.63, 3.8) is 0 Å². The van der Waals surface area contributed by atoms with Crippen LogP contribution in [0.25, 0.3) is 110 Å². The Hall–Kier alpha value is -7.36. The number of aromatic nitrogens is 2. The highest BCUT2D eigenvalue weighted by Gasteiger charge is 2.24. The third-order valence-electron chi connectivity index (χ3n) is 11.5. The highest BCUT2D eigenvalue weighted by atomic mass is 16.3. The van der Waals surface area contributed by atoms with E-state index >= 15 is 0 Å². The smallest absolute Gasteiger partial charge is 0.137 e. The van der Waals surface area contributed by atoms with E-state index in [1.165, 1.54) is 76.6 Å². The quantitative estimate of drug-likeness (QED) is 0.179. The summed E-state index contributed by atoms with van der Waals surface area (Å²) in [6.45, 7) is 0. The number of fused-ring (bicyclic) bond motifs is 12. The molecule has 0 bridgehead atoms. The van der Waals surface area contributed by atoms with Gasteiger partial charge in [-0.15, -0.1) is 0 Å². The molecular weight excluding hydrogens is 669 g/mol. The van der Waals surface area contributed by atoms with Crippen LogP contribution in [0.4, 0.5) is 0 Å². The summed E-state index contributed by atoms with van der Waals surface area (Å²) in [6, 6.07) is 70.2. The molecule has 9 aromatic carbocycles. The lowest BCUT2D eigenvalue weighted by Gasteiger charge is -2.14. The Labute approximate surface area is 316 Å². The first-order valence-electron chi connectivity index (χ1n) is 18.9. The van der Waals surface area contributed by atoms with Crippen LogP contribution in [0, 0.1) is 0 Å². The Kier molecular flexibility index (Phi) is 6.34. The van der Waals surface area contributed by atoms with E-state index in [2.05, 4.69) is 197 Å². The molecule has 256 valence electrons. The molecule has 55 heavy (non-hydrogen) atoms. The maximum Gasteiger partial charge on any atom is 0.137 e. The fourth-order valence-electron chi connectivity index (χ4n) is 9.10. The molecule has 0 spiro atoms. The minimum atomic E-state index is 0.896. The number of nitrogens with zero attached hydrogens (tertiary/aromatic N) is 2. The van der Waals surface area contributed by atoms with Gasteiger partial charge in [0, 0.05) is 38.3 Å². The molecule has 3 heteroatoms. The highest BCUT2D eigenvalue weighted by molar-refractivity contribution is 6.31. The lowest BCUT2D eigenvalue weighted by Crippen LogP contribution is -1.96. The minimum Gasteiger partial charge on any atom is -0.456 e. The van der Waals surface area contributed by atoms with Gasteiger partial charge >= 0.3 is 0 Å². The van der Waals surface area contributed by atoms with E-state index in [9.17, 15) is 0 Å². The zero-order valence-electron chi connectivity index (χ0n) is 29.8. The molecule has 0 saturated heterocycles. The second-order valence-corrected chi connectivity index (χ2v) is 14.5. The largest absolute Gasteiger partial charge is 0.456 e. The molecule has 0 atom stereocenters. The predicted octanol–water partition coefficient (Wildman–Crippen LogP) is 14.3. The molecule has 12 rings (SSSR count). The normalized spacial score (nSPS) is 12.0. The van der Waals surface area contributed by atoms with Crippen LogP contribution in [0.5, 0.6) is 0 Å². The second-order valence-electron chi connectivity index (χ2n) is 14.5. The van der Waals surface area contributed by atoms with Crippen molar-refractivity contribution >= 4 is 76.3 Å². The minimum absolute atomic E-state index is 0.896. The molecule has 3 aromatic heterocycles. The Balaban J connectivity index is 1.19. The third-order valence-corrected chi connectivity index (χ3v) is 11.5. The maximum absolute atomic E-state index is 6.46. The van der Waals surface area contributed by atoms with Gasteiger partial charge in [0.05, 0.1) is 27.5 Å². The van der Waals surface area contributed by atoms with Gasteiger partial charge in [0.1, 0.15) is 11.2 Å². The topological polar surface area (TPSA) is 23.0 Å². The average Bonchev–Trinajstić information content (AvgIpc) is 3.91. The van der Waals surface area contributed by atoms with Gasteiger partial charge in [-0.2, -0.15) is 0 Å². The van der Waals surface area contributed by atoms with Crippen molar-refractivity contribution in [2.75, 3.05) is 0 Å². The van der Waals surface area contributed by atoms with Crippen molar-refractivity contribution in [1.82, 2.24) is 9.13 Å². The number of hydrogen-bond donors (Lipinski definition) is 0. The Bertz CT molecular complexity index is 3460. The summed E-state index contributed by atoms with van der Waals surface area (Å²) < 4.78 is 11.4. The molecule has 0 amide bonds. The molecule has 3 heterocycles. The van der Waals surface area contributed by atoms with Gasteiger partial charge in [-0.1, -0.05) is 140 Å². The molecule has 0 aliphatic heterocycles. The molecule has 0 unspecified atom stereocenters. The first kappa shape index (κ1) is 30.1. The monoisotopic (exact) mass is 700 g/mol. The first-order chi connectivity index (χ1) is 27.3. The molecule has 0 N–H and O–H groups in total. The first-order valence-corrected chi connectivity index (χ1v) is 18.9.